The van der Waals surface area contributed by atoms with Gasteiger partial charge in [-0.2, -0.15) is 0 Å². The molecule has 0 saturated carbocycles. The highest BCUT2D eigenvalue weighted by Gasteiger charge is 2.22. The molecule has 2 heterocycles. The van der Waals surface area contributed by atoms with E-state index in [1.54, 1.807) is 30.5 Å². The van der Waals surface area contributed by atoms with E-state index in [-0.39, 0.29) is 17.0 Å². The minimum atomic E-state index is -1.05. The minimum absolute atomic E-state index is 0.140. The third-order valence-electron chi connectivity index (χ3n) is 6.03. The summed E-state index contributed by atoms with van der Waals surface area (Å²) in [5, 5.41) is 19.3. The predicted molar refractivity (Wildman–Crippen MR) is 137 cm³/mol. The Labute approximate surface area is 211 Å². The van der Waals surface area contributed by atoms with Crippen LogP contribution in [0.3, 0.4) is 0 Å². The molecule has 7 nitrogen and oxygen atoms in total. The van der Waals surface area contributed by atoms with Gasteiger partial charge in [0, 0.05) is 16.8 Å². The number of aromatic carboxylic acids is 2. The molecule has 0 spiro atoms. The fraction of sp³-hybridized carbons (Fsp3) is 0.0714. The van der Waals surface area contributed by atoms with E-state index in [9.17, 15) is 19.8 Å². The summed E-state index contributed by atoms with van der Waals surface area (Å²) >= 11 is 6.13. The number of benzene rings is 3. The van der Waals surface area contributed by atoms with Crippen LogP contribution in [0.4, 0.5) is 0 Å². The highest BCUT2D eigenvalue weighted by Crippen LogP contribution is 2.31. The Balaban J connectivity index is 1.57. The van der Waals surface area contributed by atoms with Gasteiger partial charge in [-0.05, 0) is 60.0 Å². The molecule has 8 heteroatoms. The molecule has 0 saturated heterocycles. The first-order valence-electron chi connectivity index (χ1n) is 11.1. The van der Waals surface area contributed by atoms with E-state index < -0.39 is 11.9 Å². The molecule has 2 aromatic heterocycles. The van der Waals surface area contributed by atoms with Crippen molar-refractivity contribution in [3.8, 4) is 11.1 Å². The average Bonchev–Trinajstić information content (AvgIpc) is 3.31. The number of H-pyrrole nitrogens is 1. The second kappa shape index (κ2) is 9.64. The number of aromatic nitrogens is 3. The second-order valence-corrected chi connectivity index (χ2v) is 8.80. The Kier molecular flexibility index (Phi) is 6.23. The van der Waals surface area contributed by atoms with Gasteiger partial charge in [0.25, 0.3) is 0 Å². The summed E-state index contributed by atoms with van der Waals surface area (Å²) in [6.07, 6.45) is 2.24. The normalized spacial score (nSPS) is 11.9. The first-order valence-corrected chi connectivity index (χ1v) is 11.5. The maximum Gasteiger partial charge on any atom is 0.336 e. The smallest absolute Gasteiger partial charge is 0.336 e. The van der Waals surface area contributed by atoms with Gasteiger partial charge >= 0.3 is 11.9 Å². The number of hydrogen-bond donors (Lipinski definition) is 3. The highest BCUT2D eigenvalue weighted by atomic mass is 35.5. The Morgan fingerprint density at radius 2 is 1.72 bits per heavy atom. The van der Waals surface area contributed by atoms with Crippen molar-refractivity contribution in [2.24, 2.45) is 0 Å². The molecule has 0 aliphatic carbocycles. The Morgan fingerprint density at radius 1 is 0.917 bits per heavy atom. The van der Waals surface area contributed by atoms with E-state index in [0.717, 1.165) is 16.8 Å². The van der Waals surface area contributed by atoms with E-state index in [4.69, 9.17) is 16.6 Å². The lowest BCUT2D eigenvalue weighted by molar-refractivity contribution is 0.0686. The summed E-state index contributed by atoms with van der Waals surface area (Å²) in [4.78, 5) is 35.8. The summed E-state index contributed by atoms with van der Waals surface area (Å²) in [6, 6.07) is 23.0. The number of carbonyl (C=O) groups is 2. The number of fused-ring (bicyclic) bond motifs is 1. The lowest BCUT2D eigenvalue weighted by Gasteiger charge is -2.15. The molecular formula is C28H20ClN3O4. The van der Waals surface area contributed by atoms with Crippen LogP contribution in [0.2, 0.25) is 5.02 Å². The molecule has 1 unspecified atom stereocenters. The van der Waals surface area contributed by atoms with Gasteiger partial charge in [0.05, 0.1) is 33.8 Å². The molecule has 0 aliphatic rings. The maximum absolute atomic E-state index is 11.7. The number of nitrogens with zero attached hydrogens (tertiary/aromatic N) is 2. The van der Waals surface area contributed by atoms with E-state index >= 15 is 0 Å². The zero-order valence-electron chi connectivity index (χ0n) is 18.9. The largest absolute Gasteiger partial charge is 0.478 e. The number of rotatable bonds is 7. The van der Waals surface area contributed by atoms with Crippen molar-refractivity contribution in [2.75, 3.05) is 0 Å². The fourth-order valence-electron chi connectivity index (χ4n) is 4.23. The Morgan fingerprint density at radius 3 is 2.42 bits per heavy atom. The highest BCUT2D eigenvalue weighted by molar-refractivity contribution is 6.31. The minimum Gasteiger partial charge on any atom is -0.478 e. The molecule has 36 heavy (non-hydrogen) atoms. The van der Waals surface area contributed by atoms with Crippen LogP contribution in [0.1, 0.15) is 43.7 Å². The third-order valence-corrected chi connectivity index (χ3v) is 6.26. The van der Waals surface area contributed by atoms with Gasteiger partial charge in [-0.3, -0.25) is 4.98 Å². The van der Waals surface area contributed by atoms with Gasteiger partial charge in [-0.1, -0.05) is 48.0 Å². The number of aromatic amines is 1. The van der Waals surface area contributed by atoms with Gasteiger partial charge in [-0.25, -0.2) is 14.6 Å². The molecule has 3 aromatic carbocycles. The van der Waals surface area contributed by atoms with E-state index in [0.29, 0.717) is 33.9 Å². The van der Waals surface area contributed by atoms with Crippen molar-refractivity contribution in [1.29, 1.82) is 0 Å². The molecule has 0 aliphatic heterocycles. The number of imidazole rings is 1. The van der Waals surface area contributed by atoms with Crippen LogP contribution in [0.15, 0.2) is 85.1 Å². The quantitative estimate of drug-likeness (QED) is 0.252. The Hall–Kier alpha value is -4.49. The monoisotopic (exact) mass is 497 g/mol. The van der Waals surface area contributed by atoms with Crippen molar-refractivity contribution in [3.63, 3.8) is 0 Å². The van der Waals surface area contributed by atoms with Crippen LogP contribution in [0.5, 0.6) is 0 Å². The average molecular weight is 498 g/mol. The van der Waals surface area contributed by atoms with Gasteiger partial charge in [0.1, 0.15) is 5.82 Å². The first kappa shape index (κ1) is 23.3. The van der Waals surface area contributed by atoms with Gasteiger partial charge in [-0.15, -0.1) is 0 Å². The van der Waals surface area contributed by atoms with Crippen LogP contribution < -0.4 is 0 Å². The number of halogens is 1. The molecule has 5 aromatic rings. The number of pyridine rings is 1. The van der Waals surface area contributed by atoms with Crippen molar-refractivity contribution in [2.45, 2.75) is 12.3 Å². The van der Waals surface area contributed by atoms with Crippen molar-refractivity contribution >= 4 is 34.6 Å². The zero-order chi connectivity index (χ0) is 25.2. The lowest BCUT2D eigenvalue weighted by Crippen LogP contribution is -2.09. The Bertz CT molecular complexity index is 1580. The summed E-state index contributed by atoms with van der Waals surface area (Å²) in [7, 11) is 0. The van der Waals surface area contributed by atoms with Gasteiger partial charge < -0.3 is 15.2 Å². The molecule has 178 valence electrons. The first-order chi connectivity index (χ1) is 17.4. The fourth-order valence-corrected chi connectivity index (χ4v) is 4.40. The number of carboxylic acids is 2. The standard InChI is InChI=1S/C28H20ClN3O4/c29-19-8-9-20(28(35)36)21(14-19)18-7-10-23(30-15-18)22(12-16-4-2-1-3-5-16)26-31-24-11-6-17(27(33)34)13-25(24)32-26/h1-11,13-15,22H,12H2,(H,31,32)(H,33,34)(H,35,36). The van der Waals surface area contributed by atoms with Gasteiger partial charge in [0.15, 0.2) is 0 Å². The molecule has 0 amide bonds. The van der Waals surface area contributed by atoms with Crippen molar-refractivity contribution < 1.29 is 19.8 Å². The SMILES string of the molecule is O=C(O)c1ccc2[nH]c(C(Cc3ccccc3)c3ccc(-c4cc(Cl)ccc4C(=O)O)cn3)nc2c1. The predicted octanol–water partition coefficient (Wildman–Crippen LogP) is 6.05. The summed E-state index contributed by atoms with van der Waals surface area (Å²) < 4.78 is 0. The molecular weight excluding hydrogens is 478 g/mol. The molecule has 0 fully saturated rings. The maximum atomic E-state index is 11.7. The number of hydrogen-bond acceptors (Lipinski definition) is 4. The molecule has 0 bridgehead atoms. The molecule has 0 radical (unpaired) electrons. The van der Waals surface area contributed by atoms with Gasteiger partial charge in [0.2, 0.25) is 0 Å². The van der Waals surface area contributed by atoms with Crippen LogP contribution in [0.25, 0.3) is 22.2 Å². The van der Waals surface area contributed by atoms with Crippen LogP contribution in [0, 0.1) is 0 Å². The van der Waals surface area contributed by atoms with Crippen LogP contribution in [-0.2, 0) is 6.42 Å². The second-order valence-electron chi connectivity index (χ2n) is 8.37. The van der Waals surface area contributed by atoms with Crippen molar-refractivity contribution in [3.05, 3.63) is 118 Å². The molecule has 3 N–H and O–H groups in total. The van der Waals surface area contributed by atoms with E-state index in [1.807, 2.05) is 42.5 Å². The summed E-state index contributed by atoms with van der Waals surface area (Å²) in [6.45, 7) is 0. The van der Waals surface area contributed by atoms with Crippen LogP contribution >= 0.6 is 11.6 Å². The summed E-state index contributed by atoms with van der Waals surface area (Å²) in [5.74, 6) is -1.65. The van der Waals surface area contributed by atoms with E-state index in [1.165, 1.54) is 12.1 Å². The number of nitrogens with one attached hydrogen (secondary N) is 1. The molecule has 5 rings (SSSR count). The van der Waals surface area contributed by atoms with Crippen molar-refractivity contribution in [1.82, 2.24) is 15.0 Å². The summed E-state index contributed by atoms with van der Waals surface area (Å²) in [5.41, 5.74) is 4.53. The topological polar surface area (TPSA) is 116 Å². The third kappa shape index (κ3) is 4.69. The molecule has 1 atom stereocenters. The zero-order valence-corrected chi connectivity index (χ0v) is 19.6. The number of carboxylic acid groups (broad SMARTS) is 2. The lowest BCUT2D eigenvalue weighted by atomic mass is 9.93. The van der Waals surface area contributed by atoms with Crippen LogP contribution in [-0.4, -0.2) is 37.1 Å². The van der Waals surface area contributed by atoms with E-state index in [2.05, 4.69) is 9.97 Å².